The number of hydrogen-bond acceptors (Lipinski definition) is 3. The van der Waals surface area contributed by atoms with Crippen LogP contribution < -0.4 is 5.32 Å². The van der Waals surface area contributed by atoms with Gasteiger partial charge in [-0.05, 0) is 25.3 Å². The third kappa shape index (κ3) is 4.76. The molecule has 2 aromatic rings. The number of nitrogens with one attached hydrogen (secondary N) is 1. The van der Waals surface area contributed by atoms with Gasteiger partial charge in [-0.3, -0.25) is 9.59 Å². The van der Waals surface area contributed by atoms with Crippen molar-refractivity contribution in [2.45, 2.75) is 40.2 Å². The Kier molecular flexibility index (Phi) is 5.94. The monoisotopic (exact) mass is 368 g/mol. The zero-order valence-corrected chi connectivity index (χ0v) is 16.3. The SMILES string of the molecule is Cc1cc(NC(=O)C2CCN(C(=O)C(C)C)CC2)n(Cc2ccccc2)n1. The molecule has 1 aromatic carbocycles. The van der Waals surface area contributed by atoms with Crippen molar-refractivity contribution in [3.05, 3.63) is 47.7 Å². The number of rotatable bonds is 5. The lowest BCUT2D eigenvalue weighted by molar-refractivity contribution is -0.137. The lowest BCUT2D eigenvalue weighted by atomic mass is 9.95. The molecule has 0 saturated carbocycles. The van der Waals surface area contributed by atoms with Crippen molar-refractivity contribution in [2.24, 2.45) is 11.8 Å². The number of nitrogens with zero attached hydrogens (tertiary/aromatic N) is 3. The van der Waals surface area contributed by atoms with E-state index in [2.05, 4.69) is 10.4 Å². The van der Waals surface area contributed by atoms with E-state index in [9.17, 15) is 9.59 Å². The Morgan fingerprint density at radius 3 is 2.48 bits per heavy atom. The summed E-state index contributed by atoms with van der Waals surface area (Å²) in [5, 5.41) is 7.55. The molecule has 1 aliphatic heterocycles. The summed E-state index contributed by atoms with van der Waals surface area (Å²) in [5.41, 5.74) is 2.01. The van der Waals surface area contributed by atoms with Crippen LogP contribution in [0.4, 0.5) is 5.82 Å². The molecule has 6 nitrogen and oxygen atoms in total. The van der Waals surface area contributed by atoms with Crippen molar-refractivity contribution in [3.8, 4) is 0 Å². The summed E-state index contributed by atoms with van der Waals surface area (Å²) in [6.45, 7) is 7.67. The first-order valence-corrected chi connectivity index (χ1v) is 9.62. The number of hydrogen-bond donors (Lipinski definition) is 1. The molecule has 1 aromatic heterocycles. The molecule has 0 atom stereocenters. The maximum absolute atomic E-state index is 12.7. The molecule has 3 rings (SSSR count). The van der Waals surface area contributed by atoms with Crippen LogP contribution in [0.2, 0.25) is 0 Å². The van der Waals surface area contributed by atoms with Crippen LogP contribution in [0.5, 0.6) is 0 Å². The summed E-state index contributed by atoms with van der Waals surface area (Å²) in [5.74, 6) is 0.848. The molecule has 1 fully saturated rings. The number of aromatic nitrogens is 2. The van der Waals surface area contributed by atoms with Crippen molar-refractivity contribution < 1.29 is 9.59 Å². The van der Waals surface area contributed by atoms with Crippen LogP contribution in [0.1, 0.15) is 37.9 Å². The average Bonchev–Trinajstić information content (AvgIpc) is 3.00. The van der Waals surface area contributed by atoms with Crippen molar-refractivity contribution >= 4 is 17.6 Å². The summed E-state index contributed by atoms with van der Waals surface area (Å²) in [6.07, 6.45) is 1.41. The Morgan fingerprint density at radius 2 is 1.85 bits per heavy atom. The fourth-order valence-electron chi connectivity index (χ4n) is 3.48. The van der Waals surface area contributed by atoms with Crippen LogP contribution >= 0.6 is 0 Å². The van der Waals surface area contributed by atoms with E-state index < -0.39 is 0 Å². The van der Waals surface area contributed by atoms with Gasteiger partial charge in [0.2, 0.25) is 11.8 Å². The van der Waals surface area contributed by atoms with Crippen LogP contribution in [-0.4, -0.2) is 39.6 Å². The molecule has 144 valence electrons. The van der Waals surface area contributed by atoms with Crippen molar-refractivity contribution in [2.75, 3.05) is 18.4 Å². The fraction of sp³-hybridized carbons (Fsp3) is 0.476. The number of likely N-dealkylation sites (tertiary alicyclic amines) is 1. The van der Waals surface area contributed by atoms with Gasteiger partial charge >= 0.3 is 0 Å². The summed E-state index contributed by atoms with van der Waals surface area (Å²) in [4.78, 5) is 26.7. The fourth-order valence-corrected chi connectivity index (χ4v) is 3.48. The molecule has 1 N–H and O–H groups in total. The smallest absolute Gasteiger partial charge is 0.228 e. The topological polar surface area (TPSA) is 67.2 Å². The highest BCUT2D eigenvalue weighted by Gasteiger charge is 2.28. The summed E-state index contributed by atoms with van der Waals surface area (Å²) in [7, 11) is 0. The van der Waals surface area contributed by atoms with E-state index in [0.29, 0.717) is 32.5 Å². The first kappa shape index (κ1) is 19.1. The summed E-state index contributed by atoms with van der Waals surface area (Å²) < 4.78 is 1.83. The van der Waals surface area contributed by atoms with E-state index >= 15 is 0 Å². The van der Waals surface area contributed by atoms with Crippen LogP contribution in [0.3, 0.4) is 0 Å². The van der Waals surface area contributed by atoms with Gasteiger partial charge in [0.1, 0.15) is 5.82 Å². The Balaban J connectivity index is 1.61. The number of carbonyl (C=O) groups excluding carboxylic acids is 2. The van der Waals surface area contributed by atoms with Crippen LogP contribution in [0, 0.1) is 18.8 Å². The first-order chi connectivity index (χ1) is 12.9. The number of carbonyl (C=O) groups is 2. The molecular formula is C21H28N4O2. The maximum Gasteiger partial charge on any atom is 0.228 e. The quantitative estimate of drug-likeness (QED) is 0.882. The zero-order chi connectivity index (χ0) is 19.4. The average molecular weight is 368 g/mol. The van der Waals surface area contributed by atoms with Crippen LogP contribution in [0.25, 0.3) is 0 Å². The van der Waals surface area contributed by atoms with E-state index in [-0.39, 0.29) is 23.7 Å². The molecule has 0 unspecified atom stereocenters. The Labute approximate surface area is 160 Å². The molecule has 1 saturated heterocycles. The second kappa shape index (κ2) is 8.37. The molecule has 1 aliphatic rings. The predicted molar refractivity (Wildman–Crippen MR) is 105 cm³/mol. The predicted octanol–water partition coefficient (Wildman–Crippen LogP) is 3.07. The minimum Gasteiger partial charge on any atom is -0.342 e. The standard InChI is InChI=1S/C21H28N4O2/c1-15(2)21(27)24-11-9-18(10-12-24)20(26)22-19-13-16(3)23-25(19)14-17-7-5-4-6-8-17/h4-8,13,15,18H,9-12,14H2,1-3H3,(H,22,26). The Hall–Kier alpha value is -2.63. The highest BCUT2D eigenvalue weighted by atomic mass is 16.2. The van der Waals surface area contributed by atoms with E-state index in [0.717, 1.165) is 17.1 Å². The van der Waals surface area contributed by atoms with Crippen molar-refractivity contribution in [1.29, 1.82) is 0 Å². The van der Waals surface area contributed by atoms with Crippen molar-refractivity contribution in [1.82, 2.24) is 14.7 Å². The third-order valence-electron chi connectivity index (χ3n) is 5.00. The molecule has 2 heterocycles. The zero-order valence-electron chi connectivity index (χ0n) is 16.3. The molecule has 6 heteroatoms. The van der Waals surface area contributed by atoms with Gasteiger partial charge in [-0.15, -0.1) is 0 Å². The Morgan fingerprint density at radius 1 is 1.19 bits per heavy atom. The molecule has 2 amide bonds. The second-order valence-electron chi connectivity index (χ2n) is 7.56. The van der Waals surface area contributed by atoms with Gasteiger partial charge in [0.05, 0.1) is 12.2 Å². The van der Waals surface area contributed by atoms with Gasteiger partial charge in [0.25, 0.3) is 0 Å². The summed E-state index contributed by atoms with van der Waals surface area (Å²) >= 11 is 0. The Bertz CT molecular complexity index is 790. The largest absolute Gasteiger partial charge is 0.342 e. The highest BCUT2D eigenvalue weighted by Crippen LogP contribution is 2.21. The number of piperidine rings is 1. The van der Waals surface area contributed by atoms with E-state index in [1.54, 1.807) is 0 Å². The van der Waals surface area contributed by atoms with Crippen LogP contribution in [-0.2, 0) is 16.1 Å². The van der Waals surface area contributed by atoms with Gasteiger partial charge in [-0.2, -0.15) is 5.10 Å². The lowest BCUT2D eigenvalue weighted by Crippen LogP contribution is -2.43. The molecular weight excluding hydrogens is 340 g/mol. The van der Waals surface area contributed by atoms with Gasteiger partial charge in [0.15, 0.2) is 0 Å². The highest BCUT2D eigenvalue weighted by molar-refractivity contribution is 5.92. The third-order valence-corrected chi connectivity index (χ3v) is 5.00. The number of aryl methyl sites for hydroxylation is 1. The number of benzene rings is 1. The summed E-state index contributed by atoms with van der Waals surface area (Å²) in [6, 6.07) is 12.0. The minimum absolute atomic E-state index is 0.00527. The van der Waals surface area contributed by atoms with Crippen LogP contribution in [0.15, 0.2) is 36.4 Å². The van der Waals surface area contributed by atoms with E-state index in [4.69, 9.17) is 0 Å². The minimum atomic E-state index is -0.0680. The molecule has 27 heavy (non-hydrogen) atoms. The molecule has 0 spiro atoms. The van der Waals surface area contributed by atoms with Crippen molar-refractivity contribution in [3.63, 3.8) is 0 Å². The molecule has 0 bridgehead atoms. The molecule has 0 radical (unpaired) electrons. The maximum atomic E-state index is 12.7. The van der Waals surface area contributed by atoms with Gasteiger partial charge in [-0.1, -0.05) is 44.2 Å². The number of amides is 2. The van der Waals surface area contributed by atoms with E-state index in [1.165, 1.54) is 0 Å². The molecule has 0 aliphatic carbocycles. The second-order valence-corrected chi connectivity index (χ2v) is 7.56. The van der Waals surface area contributed by atoms with E-state index in [1.807, 2.05) is 66.8 Å². The lowest BCUT2D eigenvalue weighted by Gasteiger charge is -2.32. The van der Waals surface area contributed by atoms with Gasteiger partial charge in [0, 0.05) is 31.0 Å². The number of anilines is 1. The first-order valence-electron chi connectivity index (χ1n) is 9.62. The van der Waals surface area contributed by atoms with Gasteiger partial charge in [-0.25, -0.2) is 4.68 Å². The normalized spacial score (nSPS) is 15.2. The van der Waals surface area contributed by atoms with Gasteiger partial charge < -0.3 is 10.2 Å².